The first-order valence-electron chi connectivity index (χ1n) is 7.61. The number of halogens is 1. The summed E-state index contributed by atoms with van der Waals surface area (Å²) in [5, 5.41) is 11.2. The van der Waals surface area contributed by atoms with Crippen molar-refractivity contribution < 1.29 is 19.0 Å². The molecule has 0 aliphatic rings. The fourth-order valence-electron chi connectivity index (χ4n) is 2.27. The van der Waals surface area contributed by atoms with Gasteiger partial charge in [-0.05, 0) is 43.7 Å². The minimum absolute atomic E-state index is 0.0861. The van der Waals surface area contributed by atoms with Gasteiger partial charge in [0.05, 0.1) is 11.8 Å². The molecule has 0 spiro atoms. The van der Waals surface area contributed by atoms with Crippen molar-refractivity contribution in [3.05, 3.63) is 53.8 Å². The van der Waals surface area contributed by atoms with Crippen LogP contribution in [0.2, 0.25) is 0 Å². The average molecular weight is 332 g/mol. The van der Waals surface area contributed by atoms with Gasteiger partial charge in [-0.25, -0.2) is 9.18 Å². The molecule has 0 bridgehead atoms. The second kappa shape index (κ2) is 7.68. The van der Waals surface area contributed by atoms with Crippen LogP contribution in [0.25, 0.3) is 0 Å². The van der Waals surface area contributed by atoms with Gasteiger partial charge in [-0.3, -0.25) is 5.32 Å². The summed E-state index contributed by atoms with van der Waals surface area (Å²) in [5.41, 5.74) is 2.24. The molecule has 0 aliphatic heterocycles. The van der Waals surface area contributed by atoms with Gasteiger partial charge in [-0.15, -0.1) is 0 Å². The summed E-state index contributed by atoms with van der Waals surface area (Å²) in [6, 6.07) is 11.6. The van der Waals surface area contributed by atoms with Crippen molar-refractivity contribution in [3.8, 4) is 5.75 Å². The van der Waals surface area contributed by atoms with E-state index in [2.05, 4.69) is 5.32 Å². The number of rotatable bonds is 6. The standard InChI is InChI=1S/C18H21FN2O3/c1-12(2)24-17-10-15(8-9-16(17)20-18(22)23)21(3)11-13-4-6-14(19)7-5-13/h4-10,12,20H,11H2,1-3H3,(H,22,23). The van der Waals surface area contributed by atoms with E-state index < -0.39 is 6.09 Å². The Bertz CT molecular complexity index is 702. The zero-order valence-electron chi connectivity index (χ0n) is 13.9. The van der Waals surface area contributed by atoms with Gasteiger partial charge in [0, 0.05) is 25.3 Å². The lowest BCUT2D eigenvalue weighted by molar-refractivity contribution is 0.209. The minimum atomic E-state index is -1.14. The quantitative estimate of drug-likeness (QED) is 0.826. The van der Waals surface area contributed by atoms with Gasteiger partial charge in [0.15, 0.2) is 0 Å². The average Bonchev–Trinajstić information content (AvgIpc) is 2.50. The van der Waals surface area contributed by atoms with E-state index in [0.29, 0.717) is 18.0 Å². The van der Waals surface area contributed by atoms with Crippen molar-refractivity contribution in [3.63, 3.8) is 0 Å². The second-order valence-corrected chi connectivity index (χ2v) is 5.76. The molecule has 2 N–H and O–H groups in total. The van der Waals surface area contributed by atoms with E-state index in [1.54, 1.807) is 24.3 Å². The van der Waals surface area contributed by atoms with Gasteiger partial charge < -0.3 is 14.7 Å². The molecule has 2 rings (SSSR count). The van der Waals surface area contributed by atoms with E-state index in [0.717, 1.165) is 11.3 Å². The fourth-order valence-corrected chi connectivity index (χ4v) is 2.27. The summed E-state index contributed by atoms with van der Waals surface area (Å²) in [6.07, 6.45) is -1.23. The summed E-state index contributed by atoms with van der Waals surface area (Å²) in [7, 11) is 1.90. The van der Waals surface area contributed by atoms with Gasteiger partial charge in [-0.2, -0.15) is 0 Å². The fraction of sp³-hybridized carbons (Fsp3) is 0.278. The van der Waals surface area contributed by atoms with Crippen LogP contribution in [0.4, 0.5) is 20.6 Å². The van der Waals surface area contributed by atoms with Crippen LogP contribution in [0.15, 0.2) is 42.5 Å². The Hall–Kier alpha value is -2.76. The topological polar surface area (TPSA) is 61.8 Å². The molecule has 2 aromatic rings. The van der Waals surface area contributed by atoms with Gasteiger partial charge in [0.1, 0.15) is 11.6 Å². The van der Waals surface area contributed by atoms with E-state index in [1.807, 2.05) is 31.9 Å². The highest BCUT2D eigenvalue weighted by molar-refractivity contribution is 5.86. The van der Waals surface area contributed by atoms with E-state index >= 15 is 0 Å². The smallest absolute Gasteiger partial charge is 0.409 e. The predicted molar refractivity (Wildman–Crippen MR) is 92.4 cm³/mol. The second-order valence-electron chi connectivity index (χ2n) is 5.76. The number of carbonyl (C=O) groups is 1. The highest BCUT2D eigenvalue weighted by Gasteiger charge is 2.12. The van der Waals surface area contributed by atoms with Gasteiger partial charge in [0.25, 0.3) is 0 Å². The molecule has 5 nitrogen and oxygen atoms in total. The third-order valence-corrected chi connectivity index (χ3v) is 3.34. The molecular weight excluding hydrogens is 311 g/mol. The number of ether oxygens (including phenoxy) is 1. The van der Waals surface area contributed by atoms with Crippen molar-refractivity contribution in [1.29, 1.82) is 0 Å². The molecule has 0 radical (unpaired) electrons. The van der Waals surface area contributed by atoms with Gasteiger partial charge >= 0.3 is 6.09 Å². The highest BCUT2D eigenvalue weighted by Crippen LogP contribution is 2.31. The lowest BCUT2D eigenvalue weighted by Crippen LogP contribution is -2.17. The summed E-state index contributed by atoms with van der Waals surface area (Å²) in [6.45, 7) is 4.34. The number of amides is 1. The number of anilines is 2. The van der Waals surface area contributed by atoms with Crippen LogP contribution in [0, 0.1) is 5.82 Å². The molecule has 0 aliphatic carbocycles. The Balaban J connectivity index is 2.22. The van der Waals surface area contributed by atoms with Crippen LogP contribution >= 0.6 is 0 Å². The Morgan fingerprint density at radius 3 is 2.50 bits per heavy atom. The van der Waals surface area contributed by atoms with E-state index in [1.165, 1.54) is 12.1 Å². The van der Waals surface area contributed by atoms with Crippen LogP contribution < -0.4 is 15.0 Å². The van der Waals surface area contributed by atoms with Crippen LogP contribution in [0.3, 0.4) is 0 Å². The molecule has 0 unspecified atom stereocenters. The maximum Gasteiger partial charge on any atom is 0.409 e. The minimum Gasteiger partial charge on any atom is -0.489 e. The molecule has 0 aromatic heterocycles. The van der Waals surface area contributed by atoms with E-state index in [4.69, 9.17) is 9.84 Å². The van der Waals surface area contributed by atoms with Crippen LogP contribution in [0.1, 0.15) is 19.4 Å². The molecule has 0 fully saturated rings. The summed E-state index contributed by atoms with van der Waals surface area (Å²) in [5.74, 6) is 0.203. The molecule has 2 aromatic carbocycles. The molecule has 0 atom stereocenters. The van der Waals surface area contributed by atoms with Crippen LogP contribution in [0.5, 0.6) is 5.75 Å². The maximum atomic E-state index is 13.0. The van der Waals surface area contributed by atoms with E-state index in [9.17, 15) is 9.18 Å². The van der Waals surface area contributed by atoms with Gasteiger partial charge in [0.2, 0.25) is 0 Å². The van der Waals surface area contributed by atoms with Crippen molar-refractivity contribution in [2.24, 2.45) is 0 Å². The number of carboxylic acid groups (broad SMARTS) is 1. The zero-order chi connectivity index (χ0) is 17.7. The molecule has 1 amide bonds. The Morgan fingerprint density at radius 2 is 1.92 bits per heavy atom. The number of hydrogen-bond donors (Lipinski definition) is 2. The van der Waals surface area contributed by atoms with E-state index in [-0.39, 0.29) is 11.9 Å². The normalized spacial score (nSPS) is 10.5. The molecule has 6 heteroatoms. The summed E-state index contributed by atoms with van der Waals surface area (Å²) in [4.78, 5) is 12.9. The lowest BCUT2D eigenvalue weighted by Gasteiger charge is -2.22. The molecule has 0 saturated carbocycles. The molecule has 24 heavy (non-hydrogen) atoms. The first-order chi connectivity index (χ1) is 11.3. The summed E-state index contributed by atoms with van der Waals surface area (Å²) >= 11 is 0. The Morgan fingerprint density at radius 1 is 1.25 bits per heavy atom. The third kappa shape index (κ3) is 4.87. The Kier molecular flexibility index (Phi) is 5.63. The zero-order valence-corrected chi connectivity index (χ0v) is 13.9. The molecule has 128 valence electrons. The SMILES string of the molecule is CC(C)Oc1cc(N(C)Cc2ccc(F)cc2)ccc1NC(=O)O. The van der Waals surface area contributed by atoms with Crippen LogP contribution in [-0.4, -0.2) is 24.4 Å². The molecule has 0 heterocycles. The Labute approximate surface area is 140 Å². The third-order valence-electron chi connectivity index (χ3n) is 3.34. The summed E-state index contributed by atoms with van der Waals surface area (Å²) < 4.78 is 18.7. The highest BCUT2D eigenvalue weighted by atomic mass is 19.1. The molecule has 0 saturated heterocycles. The first kappa shape index (κ1) is 17.6. The number of nitrogens with zero attached hydrogens (tertiary/aromatic N) is 1. The number of hydrogen-bond acceptors (Lipinski definition) is 3. The van der Waals surface area contributed by atoms with Crippen molar-refractivity contribution in [2.45, 2.75) is 26.5 Å². The maximum absolute atomic E-state index is 13.0. The lowest BCUT2D eigenvalue weighted by atomic mass is 10.2. The number of benzene rings is 2. The van der Waals surface area contributed by atoms with Crippen LogP contribution in [-0.2, 0) is 6.54 Å². The van der Waals surface area contributed by atoms with Gasteiger partial charge in [-0.1, -0.05) is 12.1 Å². The van der Waals surface area contributed by atoms with Crippen molar-refractivity contribution in [1.82, 2.24) is 0 Å². The first-order valence-corrected chi connectivity index (χ1v) is 7.61. The molecular formula is C18H21FN2O3. The van der Waals surface area contributed by atoms with Crippen molar-refractivity contribution in [2.75, 3.05) is 17.3 Å². The monoisotopic (exact) mass is 332 g/mol. The van der Waals surface area contributed by atoms with Crippen molar-refractivity contribution >= 4 is 17.5 Å². The number of nitrogens with one attached hydrogen (secondary N) is 1. The predicted octanol–water partition coefficient (Wildman–Crippen LogP) is 4.34. The largest absolute Gasteiger partial charge is 0.489 e.